The first kappa shape index (κ1) is 19.6. The zero-order chi connectivity index (χ0) is 18.2. The fourth-order valence-corrected chi connectivity index (χ4v) is 2.80. The van der Waals surface area contributed by atoms with Crippen LogP contribution in [0.3, 0.4) is 0 Å². The van der Waals surface area contributed by atoms with Crippen molar-refractivity contribution in [3.8, 4) is 5.75 Å². The molecule has 0 unspecified atom stereocenters. The number of para-hydroxylation sites is 1. The SMILES string of the molecule is CC(C)c1ccccc1OCCNC(=O)CCc1ccc(Cl)c(Cl)c1. The first-order chi connectivity index (χ1) is 12.0. The van der Waals surface area contributed by atoms with Crippen molar-refractivity contribution in [3.63, 3.8) is 0 Å². The summed E-state index contributed by atoms with van der Waals surface area (Å²) in [6, 6.07) is 13.4. The van der Waals surface area contributed by atoms with Crippen LogP contribution < -0.4 is 10.1 Å². The molecule has 3 nitrogen and oxygen atoms in total. The van der Waals surface area contributed by atoms with Crippen molar-refractivity contribution in [3.05, 3.63) is 63.6 Å². The molecule has 0 heterocycles. The molecule has 25 heavy (non-hydrogen) atoms. The predicted octanol–water partition coefficient (Wildman–Crippen LogP) is 5.24. The quantitative estimate of drug-likeness (QED) is 0.636. The molecule has 0 saturated heterocycles. The first-order valence-electron chi connectivity index (χ1n) is 8.39. The standard InChI is InChI=1S/C20H23Cl2NO2/c1-14(2)16-5-3-4-6-19(16)25-12-11-23-20(24)10-8-15-7-9-17(21)18(22)13-15/h3-7,9,13-14H,8,10-12H2,1-2H3,(H,23,24). The van der Waals surface area contributed by atoms with Gasteiger partial charge in [-0.05, 0) is 41.7 Å². The summed E-state index contributed by atoms with van der Waals surface area (Å²) in [5.74, 6) is 1.27. The summed E-state index contributed by atoms with van der Waals surface area (Å²) in [7, 11) is 0. The van der Waals surface area contributed by atoms with Gasteiger partial charge < -0.3 is 10.1 Å². The van der Waals surface area contributed by atoms with Crippen molar-refractivity contribution >= 4 is 29.1 Å². The van der Waals surface area contributed by atoms with Gasteiger partial charge in [-0.3, -0.25) is 4.79 Å². The summed E-state index contributed by atoms with van der Waals surface area (Å²) >= 11 is 11.9. The second-order valence-corrected chi connectivity index (χ2v) is 6.95. The molecule has 0 aliphatic rings. The Morgan fingerprint density at radius 1 is 1.12 bits per heavy atom. The van der Waals surface area contributed by atoms with E-state index in [0.717, 1.165) is 11.3 Å². The maximum atomic E-state index is 11.9. The summed E-state index contributed by atoms with van der Waals surface area (Å²) < 4.78 is 5.79. The monoisotopic (exact) mass is 379 g/mol. The average Bonchev–Trinajstić information content (AvgIpc) is 2.60. The van der Waals surface area contributed by atoms with Crippen LogP contribution in [0.4, 0.5) is 0 Å². The van der Waals surface area contributed by atoms with Gasteiger partial charge in [0.25, 0.3) is 0 Å². The lowest BCUT2D eigenvalue weighted by atomic mass is 10.0. The minimum atomic E-state index is -0.00758. The second kappa shape index (κ2) is 9.69. The molecule has 134 valence electrons. The van der Waals surface area contributed by atoms with E-state index in [2.05, 4.69) is 25.2 Å². The third kappa shape index (κ3) is 6.26. The van der Waals surface area contributed by atoms with Gasteiger partial charge in [-0.15, -0.1) is 0 Å². The Hall–Kier alpha value is -1.71. The molecule has 0 atom stereocenters. The number of halogens is 2. The van der Waals surface area contributed by atoms with E-state index in [0.29, 0.717) is 42.0 Å². The minimum Gasteiger partial charge on any atom is -0.491 e. The number of ether oxygens (including phenoxy) is 1. The van der Waals surface area contributed by atoms with Crippen LogP contribution in [0.25, 0.3) is 0 Å². The molecule has 0 aliphatic carbocycles. The van der Waals surface area contributed by atoms with E-state index in [1.165, 1.54) is 5.56 Å². The Kier molecular flexibility index (Phi) is 7.60. The maximum absolute atomic E-state index is 11.9. The van der Waals surface area contributed by atoms with Crippen molar-refractivity contribution in [2.45, 2.75) is 32.6 Å². The highest BCUT2D eigenvalue weighted by molar-refractivity contribution is 6.42. The number of aryl methyl sites for hydroxylation is 1. The topological polar surface area (TPSA) is 38.3 Å². The van der Waals surface area contributed by atoms with Gasteiger partial charge in [0.2, 0.25) is 5.91 Å². The number of benzene rings is 2. The highest BCUT2D eigenvalue weighted by Crippen LogP contribution is 2.25. The van der Waals surface area contributed by atoms with Gasteiger partial charge >= 0.3 is 0 Å². The Morgan fingerprint density at radius 2 is 1.88 bits per heavy atom. The van der Waals surface area contributed by atoms with Crippen LogP contribution in [0, 0.1) is 0 Å². The van der Waals surface area contributed by atoms with E-state index in [1.54, 1.807) is 12.1 Å². The minimum absolute atomic E-state index is 0.00758. The number of amides is 1. The number of hydrogen-bond donors (Lipinski definition) is 1. The Labute approximate surface area is 159 Å². The molecule has 2 aromatic rings. The molecule has 0 aliphatic heterocycles. The van der Waals surface area contributed by atoms with E-state index in [1.807, 2.05) is 24.3 Å². The fourth-order valence-electron chi connectivity index (χ4n) is 2.48. The number of carbonyl (C=O) groups is 1. The summed E-state index contributed by atoms with van der Waals surface area (Å²) in [6.07, 6.45) is 1.03. The Bertz CT molecular complexity index is 717. The molecule has 0 bridgehead atoms. The normalized spacial score (nSPS) is 10.8. The van der Waals surface area contributed by atoms with Crippen molar-refractivity contribution in [1.29, 1.82) is 0 Å². The van der Waals surface area contributed by atoms with E-state index in [9.17, 15) is 4.79 Å². The van der Waals surface area contributed by atoms with Crippen LogP contribution in [0.1, 0.15) is 37.3 Å². The molecule has 0 radical (unpaired) electrons. The number of nitrogens with one attached hydrogen (secondary N) is 1. The van der Waals surface area contributed by atoms with E-state index in [4.69, 9.17) is 27.9 Å². The molecule has 1 N–H and O–H groups in total. The molecule has 1 amide bonds. The van der Waals surface area contributed by atoms with Gasteiger partial charge in [-0.2, -0.15) is 0 Å². The number of rotatable bonds is 8. The molecule has 2 aromatic carbocycles. The Balaban J connectivity index is 1.71. The van der Waals surface area contributed by atoms with Crippen LogP contribution in [0.15, 0.2) is 42.5 Å². The highest BCUT2D eigenvalue weighted by Gasteiger charge is 2.07. The van der Waals surface area contributed by atoms with Crippen molar-refractivity contribution in [2.24, 2.45) is 0 Å². The maximum Gasteiger partial charge on any atom is 0.220 e. The Morgan fingerprint density at radius 3 is 2.60 bits per heavy atom. The van der Waals surface area contributed by atoms with Crippen LogP contribution in [-0.2, 0) is 11.2 Å². The van der Waals surface area contributed by atoms with Crippen molar-refractivity contribution in [2.75, 3.05) is 13.2 Å². The molecule has 0 aromatic heterocycles. The number of carbonyl (C=O) groups excluding carboxylic acids is 1. The van der Waals surface area contributed by atoms with Gasteiger partial charge in [0.1, 0.15) is 12.4 Å². The van der Waals surface area contributed by atoms with Gasteiger partial charge in [0, 0.05) is 6.42 Å². The lowest BCUT2D eigenvalue weighted by Gasteiger charge is -2.14. The summed E-state index contributed by atoms with van der Waals surface area (Å²) in [5.41, 5.74) is 2.17. The zero-order valence-electron chi connectivity index (χ0n) is 14.5. The van der Waals surface area contributed by atoms with Crippen LogP contribution in [0.2, 0.25) is 10.0 Å². The smallest absolute Gasteiger partial charge is 0.220 e. The molecule has 2 rings (SSSR count). The summed E-state index contributed by atoms with van der Waals surface area (Å²) in [6.45, 7) is 5.19. The molecule has 5 heteroatoms. The lowest BCUT2D eigenvalue weighted by molar-refractivity contribution is -0.121. The lowest BCUT2D eigenvalue weighted by Crippen LogP contribution is -2.28. The van der Waals surface area contributed by atoms with Gasteiger partial charge in [-0.25, -0.2) is 0 Å². The third-order valence-electron chi connectivity index (χ3n) is 3.85. The van der Waals surface area contributed by atoms with Gasteiger partial charge in [0.15, 0.2) is 0 Å². The van der Waals surface area contributed by atoms with Crippen molar-refractivity contribution < 1.29 is 9.53 Å². The number of hydrogen-bond acceptors (Lipinski definition) is 2. The molecule has 0 saturated carbocycles. The highest BCUT2D eigenvalue weighted by atomic mass is 35.5. The molecular weight excluding hydrogens is 357 g/mol. The van der Waals surface area contributed by atoms with E-state index < -0.39 is 0 Å². The van der Waals surface area contributed by atoms with Crippen LogP contribution in [0.5, 0.6) is 5.75 Å². The largest absolute Gasteiger partial charge is 0.491 e. The van der Waals surface area contributed by atoms with E-state index in [-0.39, 0.29) is 5.91 Å². The van der Waals surface area contributed by atoms with Crippen molar-refractivity contribution in [1.82, 2.24) is 5.32 Å². The fraction of sp³-hybridized carbons (Fsp3) is 0.350. The molecular formula is C20H23Cl2NO2. The first-order valence-corrected chi connectivity index (χ1v) is 9.15. The average molecular weight is 380 g/mol. The van der Waals surface area contributed by atoms with E-state index >= 15 is 0 Å². The van der Waals surface area contributed by atoms with Crippen LogP contribution >= 0.6 is 23.2 Å². The van der Waals surface area contributed by atoms with Crippen LogP contribution in [-0.4, -0.2) is 19.1 Å². The summed E-state index contributed by atoms with van der Waals surface area (Å²) in [4.78, 5) is 11.9. The summed E-state index contributed by atoms with van der Waals surface area (Å²) in [5, 5.41) is 3.91. The van der Waals surface area contributed by atoms with Gasteiger partial charge in [0.05, 0.1) is 16.6 Å². The third-order valence-corrected chi connectivity index (χ3v) is 4.59. The van der Waals surface area contributed by atoms with Gasteiger partial charge in [-0.1, -0.05) is 61.3 Å². The molecule has 0 spiro atoms. The zero-order valence-corrected chi connectivity index (χ0v) is 16.0. The second-order valence-electron chi connectivity index (χ2n) is 6.14. The predicted molar refractivity (Wildman–Crippen MR) is 104 cm³/mol. The molecule has 0 fully saturated rings.